The van der Waals surface area contributed by atoms with E-state index in [-0.39, 0.29) is 0 Å². The Morgan fingerprint density at radius 1 is 0.886 bits per heavy atom. The van der Waals surface area contributed by atoms with Gasteiger partial charge in [-0.05, 0) is 36.4 Å². The normalized spacial score (nSPS) is 16.7. The van der Waals surface area contributed by atoms with Crippen LogP contribution in [0.25, 0.3) is 0 Å². The molecule has 2 aromatic carbocycles. The molecule has 2 aliphatic rings. The summed E-state index contributed by atoms with van der Waals surface area (Å²) in [6.45, 7) is -0.466. The monoisotopic (exact) mass is 468 g/mol. The maximum absolute atomic E-state index is 13.3. The van der Waals surface area contributed by atoms with Gasteiger partial charge in [0.1, 0.15) is 40.7 Å². The first kappa shape index (κ1) is 21.0. The summed E-state index contributed by atoms with van der Waals surface area (Å²) in [5.74, 6) is 0.631. The molecule has 0 saturated carbocycles. The van der Waals surface area contributed by atoms with Gasteiger partial charge in [0.25, 0.3) is 5.91 Å². The van der Waals surface area contributed by atoms with E-state index in [0.717, 1.165) is 0 Å². The van der Waals surface area contributed by atoms with Gasteiger partial charge in [0.2, 0.25) is 0 Å². The van der Waals surface area contributed by atoms with Crippen LogP contribution in [0.15, 0.2) is 99.3 Å². The van der Waals surface area contributed by atoms with Crippen LogP contribution in [0.2, 0.25) is 0 Å². The average molecular weight is 468 g/mol. The minimum absolute atomic E-state index is 0.418. The summed E-state index contributed by atoms with van der Waals surface area (Å²) in [6, 6.07) is 21.2. The van der Waals surface area contributed by atoms with Crippen molar-refractivity contribution in [2.75, 3.05) is 6.61 Å². The Morgan fingerprint density at radius 3 is 2.23 bits per heavy atom. The van der Waals surface area contributed by atoms with Crippen molar-refractivity contribution in [2.24, 2.45) is 5.10 Å². The lowest BCUT2D eigenvalue weighted by molar-refractivity contribution is -0.153. The Hall–Kier alpha value is -4.59. The van der Waals surface area contributed by atoms with Crippen molar-refractivity contribution in [3.63, 3.8) is 0 Å². The largest absolute Gasteiger partial charge is 0.467 e. The van der Waals surface area contributed by atoms with E-state index < -0.39 is 30.4 Å². The lowest BCUT2D eigenvalue weighted by Crippen LogP contribution is -2.32. The zero-order valence-electron chi connectivity index (χ0n) is 18.5. The van der Waals surface area contributed by atoms with Crippen molar-refractivity contribution < 1.29 is 27.9 Å². The molecule has 0 bridgehead atoms. The smallest absolute Gasteiger partial charge is 0.318 e. The molecule has 6 rings (SSSR count). The van der Waals surface area contributed by atoms with Gasteiger partial charge in [-0.3, -0.25) is 9.59 Å². The molecule has 0 fully saturated rings. The molecule has 1 unspecified atom stereocenters. The third-order valence-corrected chi connectivity index (χ3v) is 6.10. The maximum atomic E-state index is 13.3. The van der Waals surface area contributed by atoms with Gasteiger partial charge in [-0.1, -0.05) is 36.4 Å². The standard InChI is InChI=1S/C27H20N2O6/c30-25(29-20(24-12-6-14-33-24)15-19(28-29)23-11-5-13-32-23)16-34-27(31)26-17-7-1-3-9-21(17)35-22-10-4-2-8-18(22)26/h1-14,20,26H,15-16H2. The highest BCUT2D eigenvalue weighted by Crippen LogP contribution is 2.44. The number of hydrogen-bond acceptors (Lipinski definition) is 7. The second-order valence-corrected chi connectivity index (χ2v) is 8.22. The zero-order chi connectivity index (χ0) is 23.8. The first-order valence-corrected chi connectivity index (χ1v) is 11.2. The molecule has 0 aliphatic carbocycles. The molecular formula is C27H20N2O6. The third-order valence-electron chi connectivity index (χ3n) is 6.10. The highest BCUT2D eigenvalue weighted by molar-refractivity contribution is 6.01. The minimum Gasteiger partial charge on any atom is -0.467 e. The number of esters is 1. The lowest BCUT2D eigenvalue weighted by Gasteiger charge is -2.27. The molecular weight excluding hydrogens is 448 g/mol. The quantitative estimate of drug-likeness (QED) is 0.381. The molecule has 8 heteroatoms. The van der Waals surface area contributed by atoms with Gasteiger partial charge >= 0.3 is 5.97 Å². The summed E-state index contributed by atoms with van der Waals surface area (Å²) in [7, 11) is 0. The van der Waals surface area contributed by atoms with Gasteiger partial charge in [-0.2, -0.15) is 5.10 Å². The number of carbonyl (C=O) groups is 2. The Morgan fingerprint density at radius 2 is 1.57 bits per heavy atom. The van der Waals surface area contributed by atoms with Gasteiger partial charge in [0, 0.05) is 17.5 Å². The highest BCUT2D eigenvalue weighted by Gasteiger charge is 2.38. The van der Waals surface area contributed by atoms with Crippen LogP contribution < -0.4 is 4.74 Å². The molecule has 4 heterocycles. The molecule has 0 spiro atoms. The SMILES string of the molecule is O=C(OCC(=O)N1N=C(c2ccco2)CC1c1ccco1)C1c2ccccc2Oc2ccccc21. The fourth-order valence-electron chi connectivity index (χ4n) is 4.48. The number of para-hydroxylation sites is 2. The molecule has 2 aliphatic heterocycles. The number of rotatable bonds is 5. The molecule has 174 valence electrons. The molecule has 0 radical (unpaired) electrons. The first-order valence-electron chi connectivity index (χ1n) is 11.2. The second kappa shape index (κ2) is 8.64. The summed E-state index contributed by atoms with van der Waals surface area (Å²) >= 11 is 0. The van der Waals surface area contributed by atoms with Crippen molar-refractivity contribution in [2.45, 2.75) is 18.4 Å². The number of ether oxygens (including phenoxy) is 2. The predicted octanol–water partition coefficient (Wildman–Crippen LogP) is 5.03. The molecule has 1 amide bonds. The van der Waals surface area contributed by atoms with Gasteiger partial charge in [-0.25, -0.2) is 5.01 Å². The highest BCUT2D eigenvalue weighted by atomic mass is 16.5. The first-order chi connectivity index (χ1) is 17.2. The number of hydrazone groups is 1. The Labute approximate surface area is 200 Å². The fourth-order valence-corrected chi connectivity index (χ4v) is 4.48. The summed E-state index contributed by atoms with van der Waals surface area (Å²) in [6.07, 6.45) is 3.51. The number of amides is 1. The summed E-state index contributed by atoms with van der Waals surface area (Å²) in [5.41, 5.74) is 2.00. The predicted molar refractivity (Wildman–Crippen MR) is 124 cm³/mol. The average Bonchev–Trinajstić information content (AvgIpc) is 3.67. The second-order valence-electron chi connectivity index (χ2n) is 8.22. The number of furan rings is 2. The molecule has 2 aromatic heterocycles. The van der Waals surface area contributed by atoms with Crippen molar-refractivity contribution in [1.29, 1.82) is 0 Å². The lowest BCUT2D eigenvalue weighted by atomic mass is 9.88. The van der Waals surface area contributed by atoms with Crippen LogP contribution in [0.1, 0.15) is 41.0 Å². The van der Waals surface area contributed by atoms with Crippen molar-refractivity contribution >= 4 is 17.6 Å². The number of hydrogen-bond donors (Lipinski definition) is 0. The van der Waals surface area contributed by atoms with Crippen LogP contribution in [0, 0.1) is 0 Å². The zero-order valence-corrected chi connectivity index (χ0v) is 18.5. The van der Waals surface area contributed by atoms with E-state index in [0.29, 0.717) is 46.3 Å². The topological polar surface area (TPSA) is 94.5 Å². The minimum atomic E-state index is -0.703. The Bertz CT molecular complexity index is 1360. The number of fused-ring (bicyclic) bond motifs is 2. The Kier molecular flexibility index (Phi) is 5.18. The fraction of sp³-hybridized carbons (Fsp3) is 0.148. The molecule has 4 aromatic rings. The van der Waals surface area contributed by atoms with Crippen molar-refractivity contribution in [3.8, 4) is 11.5 Å². The van der Waals surface area contributed by atoms with E-state index in [1.54, 1.807) is 48.9 Å². The van der Waals surface area contributed by atoms with Crippen LogP contribution in [0.3, 0.4) is 0 Å². The molecule has 35 heavy (non-hydrogen) atoms. The van der Waals surface area contributed by atoms with E-state index in [1.165, 1.54) is 5.01 Å². The number of carbonyl (C=O) groups excluding carboxylic acids is 2. The van der Waals surface area contributed by atoms with Crippen LogP contribution in [-0.2, 0) is 14.3 Å². The summed E-state index contributed by atoms with van der Waals surface area (Å²) in [4.78, 5) is 26.5. The summed E-state index contributed by atoms with van der Waals surface area (Å²) < 4.78 is 22.5. The number of benzene rings is 2. The van der Waals surface area contributed by atoms with Gasteiger partial charge in [-0.15, -0.1) is 0 Å². The summed E-state index contributed by atoms with van der Waals surface area (Å²) in [5, 5.41) is 5.77. The van der Waals surface area contributed by atoms with E-state index in [2.05, 4.69) is 5.10 Å². The maximum Gasteiger partial charge on any atom is 0.318 e. The van der Waals surface area contributed by atoms with Gasteiger partial charge in [0.15, 0.2) is 6.61 Å². The van der Waals surface area contributed by atoms with Crippen LogP contribution in [-0.4, -0.2) is 29.2 Å². The van der Waals surface area contributed by atoms with Crippen LogP contribution in [0.5, 0.6) is 11.5 Å². The van der Waals surface area contributed by atoms with E-state index in [1.807, 2.05) is 36.4 Å². The van der Waals surface area contributed by atoms with Crippen molar-refractivity contribution in [3.05, 3.63) is 108 Å². The van der Waals surface area contributed by atoms with Crippen LogP contribution >= 0.6 is 0 Å². The van der Waals surface area contributed by atoms with Gasteiger partial charge in [0.05, 0.1) is 12.5 Å². The van der Waals surface area contributed by atoms with E-state index in [4.69, 9.17) is 18.3 Å². The van der Waals surface area contributed by atoms with E-state index in [9.17, 15) is 9.59 Å². The van der Waals surface area contributed by atoms with Crippen LogP contribution in [0.4, 0.5) is 0 Å². The van der Waals surface area contributed by atoms with E-state index >= 15 is 0 Å². The molecule has 8 nitrogen and oxygen atoms in total. The third kappa shape index (κ3) is 3.78. The number of nitrogens with zero attached hydrogens (tertiary/aromatic N) is 2. The molecule has 0 N–H and O–H groups in total. The molecule has 1 atom stereocenters. The van der Waals surface area contributed by atoms with Gasteiger partial charge < -0.3 is 18.3 Å². The Balaban J connectivity index is 1.23. The van der Waals surface area contributed by atoms with Crippen molar-refractivity contribution in [1.82, 2.24) is 5.01 Å². The molecule has 0 saturated heterocycles.